The fraction of sp³-hybridized carbons (Fsp3) is 0.182. The molecular formula is C11H10N2O3S. The number of hydrogen-bond acceptors (Lipinski definition) is 5. The predicted octanol–water partition coefficient (Wildman–Crippen LogP) is 0.823. The molecule has 2 N–H and O–H groups in total. The fourth-order valence-corrected chi connectivity index (χ4v) is 2.42. The minimum absolute atomic E-state index is 0.149. The maximum Gasteiger partial charge on any atom is 0.300 e. The molecule has 2 amide bonds. The van der Waals surface area contributed by atoms with E-state index in [2.05, 4.69) is 0 Å². The first-order chi connectivity index (χ1) is 8.00. The van der Waals surface area contributed by atoms with E-state index in [9.17, 15) is 14.4 Å². The predicted molar refractivity (Wildman–Crippen MR) is 64.8 cm³/mol. The molecule has 0 spiro atoms. The van der Waals surface area contributed by atoms with Crippen molar-refractivity contribution in [3.63, 3.8) is 0 Å². The summed E-state index contributed by atoms with van der Waals surface area (Å²) in [7, 11) is 0. The molecule has 6 heteroatoms. The second-order valence-electron chi connectivity index (χ2n) is 3.61. The summed E-state index contributed by atoms with van der Waals surface area (Å²) in [4.78, 5) is 36.2. The Labute approximate surface area is 102 Å². The van der Waals surface area contributed by atoms with E-state index < -0.39 is 17.6 Å². The SMILES string of the molecule is CC(=O)C(=O)N1C(=O)CSc2ccc(N)cc21. The number of amides is 2. The smallest absolute Gasteiger partial charge is 0.300 e. The van der Waals surface area contributed by atoms with E-state index in [1.54, 1.807) is 12.1 Å². The molecule has 1 aliphatic heterocycles. The van der Waals surface area contributed by atoms with Gasteiger partial charge in [-0.1, -0.05) is 0 Å². The van der Waals surface area contributed by atoms with Crippen molar-refractivity contribution in [1.29, 1.82) is 0 Å². The maximum absolute atomic E-state index is 11.7. The van der Waals surface area contributed by atoms with Crippen LogP contribution >= 0.6 is 11.8 Å². The summed E-state index contributed by atoms with van der Waals surface area (Å²) in [6.07, 6.45) is 0. The van der Waals surface area contributed by atoms with E-state index in [1.165, 1.54) is 17.8 Å². The van der Waals surface area contributed by atoms with Crippen LogP contribution < -0.4 is 10.6 Å². The molecule has 0 saturated carbocycles. The molecule has 0 saturated heterocycles. The molecule has 1 aromatic rings. The van der Waals surface area contributed by atoms with Crippen molar-refractivity contribution in [2.24, 2.45) is 0 Å². The number of rotatable bonds is 1. The van der Waals surface area contributed by atoms with E-state index in [1.807, 2.05) is 0 Å². The van der Waals surface area contributed by atoms with Crippen molar-refractivity contribution in [1.82, 2.24) is 0 Å². The normalized spacial score (nSPS) is 14.4. The van der Waals surface area contributed by atoms with Gasteiger partial charge in [-0.2, -0.15) is 0 Å². The molecule has 0 bridgehead atoms. The lowest BCUT2D eigenvalue weighted by Gasteiger charge is -2.26. The highest BCUT2D eigenvalue weighted by Gasteiger charge is 2.32. The highest BCUT2D eigenvalue weighted by Crippen LogP contribution is 2.36. The highest BCUT2D eigenvalue weighted by atomic mass is 32.2. The first-order valence-corrected chi connectivity index (χ1v) is 5.89. The van der Waals surface area contributed by atoms with Crippen molar-refractivity contribution in [2.75, 3.05) is 16.4 Å². The van der Waals surface area contributed by atoms with Crippen LogP contribution in [0.5, 0.6) is 0 Å². The van der Waals surface area contributed by atoms with Crippen LogP contribution in [0.2, 0.25) is 0 Å². The number of imide groups is 1. The second-order valence-corrected chi connectivity index (χ2v) is 4.62. The maximum atomic E-state index is 11.7. The quantitative estimate of drug-likeness (QED) is 0.589. The molecule has 0 aromatic heterocycles. The molecule has 17 heavy (non-hydrogen) atoms. The van der Waals surface area contributed by atoms with Crippen molar-refractivity contribution < 1.29 is 14.4 Å². The standard InChI is InChI=1S/C11H10N2O3S/c1-6(14)11(16)13-8-4-7(12)2-3-9(8)17-5-10(13)15/h2-4H,5,12H2,1H3. The molecule has 0 unspecified atom stereocenters. The van der Waals surface area contributed by atoms with E-state index in [0.29, 0.717) is 11.4 Å². The number of nitrogens with two attached hydrogens (primary N) is 1. The number of anilines is 2. The molecule has 1 aliphatic rings. The van der Waals surface area contributed by atoms with Crippen LogP contribution in [0.1, 0.15) is 6.92 Å². The Morgan fingerprint density at radius 2 is 2.12 bits per heavy atom. The Morgan fingerprint density at radius 1 is 1.41 bits per heavy atom. The average molecular weight is 250 g/mol. The number of hydrogen-bond donors (Lipinski definition) is 1. The van der Waals surface area contributed by atoms with Crippen molar-refractivity contribution in [2.45, 2.75) is 11.8 Å². The number of thioether (sulfide) groups is 1. The van der Waals surface area contributed by atoms with Crippen LogP contribution in [0, 0.1) is 0 Å². The van der Waals surface area contributed by atoms with Crippen LogP contribution in [0.3, 0.4) is 0 Å². The van der Waals surface area contributed by atoms with Crippen LogP contribution in [0.15, 0.2) is 23.1 Å². The number of carbonyl (C=O) groups is 3. The van der Waals surface area contributed by atoms with Gasteiger partial charge >= 0.3 is 5.91 Å². The summed E-state index contributed by atoms with van der Waals surface area (Å²) in [6, 6.07) is 4.96. The third-order valence-electron chi connectivity index (χ3n) is 2.33. The molecule has 0 atom stereocenters. The molecule has 0 aliphatic carbocycles. The molecule has 2 rings (SSSR count). The van der Waals surface area contributed by atoms with Gasteiger partial charge in [0.15, 0.2) is 0 Å². The van der Waals surface area contributed by atoms with Gasteiger partial charge in [0, 0.05) is 17.5 Å². The number of carbonyl (C=O) groups excluding carboxylic acids is 3. The number of Topliss-reactive ketones (excluding diaryl/α,β-unsaturated/α-hetero) is 1. The first-order valence-electron chi connectivity index (χ1n) is 4.91. The lowest BCUT2D eigenvalue weighted by Crippen LogP contribution is -2.43. The molecule has 1 aromatic carbocycles. The zero-order chi connectivity index (χ0) is 12.6. The average Bonchev–Trinajstić information content (AvgIpc) is 2.27. The van der Waals surface area contributed by atoms with E-state index in [0.717, 1.165) is 16.7 Å². The van der Waals surface area contributed by atoms with E-state index in [-0.39, 0.29) is 5.75 Å². The van der Waals surface area contributed by atoms with Gasteiger partial charge in [0.1, 0.15) is 0 Å². The summed E-state index contributed by atoms with van der Waals surface area (Å²) < 4.78 is 0. The molecule has 0 fully saturated rings. The first kappa shape index (κ1) is 11.7. The summed E-state index contributed by atoms with van der Waals surface area (Å²) in [5.74, 6) is -1.73. The Morgan fingerprint density at radius 3 is 2.76 bits per heavy atom. The molecule has 88 valence electrons. The largest absolute Gasteiger partial charge is 0.399 e. The van der Waals surface area contributed by atoms with E-state index >= 15 is 0 Å². The second kappa shape index (κ2) is 4.21. The molecular weight excluding hydrogens is 240 g/mol. The Kier molecular flexibility index (Phi) is 2.89. The Hall–Kier alpha value is -1.82. The van der Waals surface area contributed by atoms with Gasteiger partial charge in [-0.3, -0.25) is 14.4 Å². The summed E-state index contributed by atoms with van der Waals surface area (Å²) >= 11 is 1.33. The Bertz CT molecular complexity index is 527. The highest BCUT2D eigenvalue weighted by molar-refractivity contribution is 8.00. The zero-order valence-electron chi connectivity index (χ0n) is 9.10. The molecule has 0 radical (unpaired) electrons. The number of benzene rings is 1. The summed E-state index contributed by atoms with van der Waals surface area (Å²) in [6.45, 7) is 1.14. The topological polar surface area (TPSA) is 80.5 Å². The van der Waals surface area contributed by atoms with Gasteiger partial charge < -0.3 is 5.73 Å². The van der Waals surface area contributed by atoms with Gasteiger partial charge in [-0.15, -0.1) is 11.8 Å². The zero-order valence-corrected chi connectivity index (χ0v) is 9.91. The van der Waals surface area contributed by atoms with Gasteiger partial charge in [0.05, 0.1) is 11.4 Å². The van der Waals surface area contributed by atoms with Gasteiger partial charge in [-0.25, -0.2) is 4.90 Å². The minimum atomic E-state index is -0.817. The number of ketones is 1. The van der Waals surface area contributed by atoms with Gasteiger partial charge in [0.25, 0.3) is 0 Å². The fourth-order valence-electron chi connectivity index (χ4n) is 1.55. The van der Waals surface area contributed by atoms with Crippen molar-refractivity contribution in [3.05, 3.63) is 18.2 Å². The third-order valence-corrected chi connectivity index (χ3v) is 3.38. The number of nitrogens with zero attached hydrogens (tertiary/aromatic N) is 1. The molecule has 5 nitrogen and oxygen atoms in total. The van der Waals surface area contributed by atoms with E-state index in [4.69, 9.17) is 5.73 Å². The van der Waals surface area contributed by atoms with Crippen LogP contribution in [0.4, 0.5) is 11.4 Å². The number of nitrogen functional groups attached to an aromatic ring is 1. The molecule has 1 heterocycles. The lowest BCUT2D eigenvalue weighted by molar-refractivity contribution is -0.137. The van der Waals surface area contributed by atoms with Crippen LogP contribution in [0.25, 0.3) is 0 Å². The van der Waals surface area contributed by atoms with Gasteiger partial charge in [0.2, 0.25) is 11.7 Å². The monoisotopic (exact) mass is 250 g/mol. The van der Waals surface area contributed by atoms with Gasteiger partial charge in [-0.05, 0) is 18.2 Å². The van der Waals surface area contributed by atoms with Crippen molar-refractivity contribution in [3.8, 4) is 0 Å². The summed E-state index contributed by atoms with van der Waals surface area (Å²) in [5.41, 5.74) is 6.46. The van der Waals surface area contributed by atoms with Crippen LogP contribution in [-0.2, 0) is 14.4 Å². The number of fused-ring (bicyclic) bond motifs is 1. The lowest BCUT2D eigenvalue weighted by atomic mass is 10.2. The summed E-state index contributed by atoms with van der Waals surface area (Å²) in [5, 5.41) is 0. The Balaban J connectivity index is 2.53. The van der Waals surface area contributed by atoms with Crippen molar-refractivity contribution >= 4 is 40.7 Å². The van der Waals surface area contributed by atoms with Crippen LogP contribution in [-0.4, -0.2) is 23.4 Å². The third kappa shape index (κ3) is 2.03. The minimum Gasteiger partial charge on any atom is -0.399 e.